The summed E-state index contributed by atoms with van der Waals surface area (Å²) in [6, 6.07) is 0. The largest absolute Gasteiger partial charge is 0.463 e. The molecule has 0 aromatic carbocycles. The van der Waals surface area contributed by atoms with E-state index in [9.17, 15) is 9.59 Å². The lowest BCUT2D eigenvalue weighted by Crippen LogP contribution is -2.24. The third-order valence-electron chi connectivity index (χ3n) is 7.08. The van der Waals surface area contributed by atoms with Crippen LogP contribution in [0.2, 0.25) is 0 Å². The van der Waals surface area contributed by atoms with Crippen LogP contribution in [-0.4, -0.2) is 117 Å². The van der Waals surface area contributed by atoms with Crippen LogP contribution in [0.4, 0.5) is 0 Å². The lowest BCUT2D eigenvalue weighted by Gasteiger charge is -2.19. The predicted octanol–water partition coefficient (Wildman–Crippen LogP) is 6.86. The van der Waals surface area contributed by atoms with Crippen LogP contribution in [0.1, 0.15) is 124 Å². The average Bonchev–Trinajstić information content (AvgIpc) is 3.04. The highest BCUT2D eigenvalue weighted by Crippen LogP contribution is 2.13. The van der Waals surface area contributed by atoms with E-state index in [1.54, 1.807) is 0 Å². The monoisotopic (exact) mass is 693 g/mol. The molecule has 11 nitrogen and oxygen atoms in total. The Morgan fingerprint density at radius 3 is 1.04 bits per heavy atom. The van der Waals surface area contributed by atoms with Crippen molar-refractivity contribution in [2.24, 2.45) is 0 Å². The standard InChI is InChI=1S/C37H72O11/c1-5-6-7-8-9-10-11-12-13-14-15-16-17-18-35(38)47-34-33-46-32-31-45-30-29-44-28-27-43-26-25-42-24-23-41-22-21-40-20-19-36(39)48-37(2,3)4/h5-34H2,1-4H3. The summed E-state index contributed by atoms with van der Waals surface area (Å²) < 4.78 is 48.6. The van der Waals surface area contributed by atoms with Crippen LogP contribution in [0.25, 0.3) is 0 Å². The van der Waals surface area contributed by atoms with Crippen molar-refractivity contribution in [3.05, 3.63) is 0 Å². The van der Waals surface area contributed by atoms with Gasteiger partial charge >= 0.3 is 11.9 Å². The van der Waals surface area contributed by atoms with Gasteiger partial charge < -0.3 is 42.6 Å². The summed E-state index contributed by atoms with van der Waals surface area (Å²) in [6.07, 6.45) is 17.5. The Hall–Kier alpha value is -1.34. The highest BCUT2D eigenvalue weighted by Gasteiger charge is 2.15. The molecule has 0 aliphatic rings. The van der Waals surface area contributed by atoms with Gasteiger partial charge in [0.2, 0.25) is 0 Å². The Bertz CT molecular complexity index is 685. The molecular weight excluding hydrogens is 620 g/mol. The molecule has 0 saturated carbocycles. The zero-order chi connectivity index (χ0) is 35.2. The first kappa shape index (κ1) is 46.7. The van der Waals surface area contributed by atoms with Gasteiger partial charge in [0.1, 0.15) is 12.2 Å². The molecule has 286 valence electrons. The van der Waals surface area contributed by atoms with Crippen LogP contribution < -0.4 is 0 Å². The number of rotatable bonds is 38. The molecule has 48 heavy (non-hydrogen) atoms. The first-order valence-corrected chi connectivity index (χ1v) is 18.8. The minimum atomic E-state index is -0.473. The predicted molar refractivity (Wildman–Crippen MR) is 187 cm³/mol. The highest BCUT2D eigenvalue weighted by molar-refractivity contribution is 5.70. The van der Waals surface area contributed by atoms with Gasteiger partial charge in [-0.15, -0.1) is 0 Å². The van der Waals surface area contributed by atoms with Crippen LogP contribution in [-0.2, 0) is 52.2 Å². The van der Waals surface area contributed by atoms with Gasteiger partial charge in [0.15, 0.2) is 0 Å². The Morgan fingerprint density at radius 1 is 0.375 bits per heavy atom. The fourth-order valence-corrected chi connectivity index (χ4v) is 4.54. The summed E-state index contributed by atoms with van der Waals surface area (Å²) >= 11 is 0. The average molecular weight is 693 g/mol. The molecule has 11 heteroatoms. The van der Waals surface area contributed by atoms with Gasteiger partial charge in [0, 0.05) is 6.42 Å². The fraction of sp³-hybridized carbons (Fsp3) is 0.946. The molecule has 0 radical (unpaired) electrons. The van der Waals surface area contributed by atoms with Crippen molar-refractivity contribution in [1.29, 1.82) is 0 Å². The Kier molecular flexibility index (Phi) is 35.9. The molecule has 0 amide bonds. The van der Waals surface area contributed by atoms with E-state index >= 15 is 0 Å². The van der Waals surface area contributed by atoms with Crippen LogP contribution in [0.3, 0.4) is 0 Å². The number of carbonyl (C=O) groups is 2. The quantitative estimate of drug-likeness (QED) is 0.0499. The summed E-state index contributed by atoms with van der Waals surface area (Å²) in [4.78, 5) is 23.4. The van der Waals surface area contributed by atoms with Crippen molar-refractivity contribution < 1.29 is 52.2 Å². The van der Waals surface area contributed by atoms with E-state index in [-0.39, 0.29) is 25.0 Å². The van der Waals surface area contributed by atoms with Crippen LogP contribution in [0.15, 0.2) is 0 Å². The fourth-order valence-electron chi connectivity index (χ4n) is 4.54. The second-order valence-corrected chi connectivity index (χ2v) is 12.8. The third kappa shape index (κ3) is 40.8. The van der Waals surface area contributed by atoms with Gasteiger partial charge in [0.25, 0.3) is 0 Å². The van der Waals surface area contributed by atoms with Crippen molar-refractivity contribution >= 4 is 11.9 Å². The highest BCUT2D eigenvalue weighted by atomic mass is 16.6. The van der Waals surface area contributed by atoms with E-state index in [1.165, 1.54) is 70.6 Å². The molecule has 0 aliphatic carbocycles. The maximum atomic E-state index is 11.9. The maximum absolute atomic E-state index is 11.9. The van der Waals surface area contributed by atoms with Gasteiger partial charge in [0.05, 0.1) is 98.9 Å². The van der Waals surface area contributed by atoms with Gasteiger partial charge in [-0.05, 0) is 27.2 Å². The molecule has 0 N–H and O–H groups in total. The summed E-state index contributed by atoms with van der Waals surface area (Å²) in [7, 11) is 0. The summed E-state index contributed by atoms with van der Waals surface area (Å²) in [5.74, 6) is -0.398. The lowest BCUT2D eigenvalue weighted by molar-refractivity contribution is -0.156. The number of esters is 2. The van der Waals surface area contributed by atoms with E-state index in [1.807, 2.05) is 20.8 Å². The minimum Gasteiger partial charge on any atom is -0.463 e. The molecule has 0 bridgehead atoms. The molecule has 0 aromatic heterocycles. The van der Waals surface area contributed by atoms with Crippen LogP contribution in [0.5, 0.6) is 0 Å². The van der Waals surface area contributed by atoms with Crippen molar-refractivity contribution in [3.8, 4) is 0 Å². The Labute approximate surface area is 292 Å². The third-order valence-corrected chi connectivity index (χ3v) is 7.08. The smallest absolute Gasteiger partial charge is 0.308 e. The van der Waals surface area contributed by atoms with E-state index < -0.39 is 5.60 Å². The zero-order valence-electron chi connectivity index (χ0n) is 31.2. The first-order valence-electron chi connectivity index (χ1n) is 18.8. The summed E-state index contributed by atoms with van der Waals surface area (Å²) in [5.41, 5.74) is -0.473. The second kappa shape index (κ2) is 36.9. The SMILES string of the molecule is CCCCCCCCCCCCCCCC(=O)OCCOCCOCCOCCOCCOCCOCCOCCC(=O)OC(C)(C)C. The molecule has 0 heterocycles. The molecule has 0 rings (SSSR count). The minimum absolute atomic E-state index is 0.134. The summed E-state index contributed by atoms with van der Waals surface area (Å²) in [6.45, 7) is 14.4. The molecule has 0 atom stereocenters. The number of ether oxygens (including phenoxy) is 9. The van der Waals surface area contributed by atoms with Crippen molar-refractivity contribution in [3.63, 3.8) is 0 Å². The lowest BCUT2D eigenvalue weighted by atomic mass is 10.0. The van der Waals surface area contributed by atoms with Gasteiger partial charge in [-0.2, -0.15) is 0 Å². The van der Waals surface area contributed by atoms with E-state index in [4.69, 9.17) is 42.6 Å². The normalized spacial score (nSPS) is 11.7. The Morgan fingerprint density at radius 2 is 0.688 bits per heavy atom. The van der Waals surface area contributed by atoms with E-state index in [0.29, 0.717) is 98.9 Å². The molecule has 0 aromatic rings. The van der Waals surface area contributed by atoms with Crippen molar-refractivity contribution in [2.45, 2.75) is 130 Å². The van der Waals surface area contributed by atoms with Crippen molar-refractivity contribution in [1.82, 2.24) is 0 Å². The number of unbranched alkanes of at least 4 members (excludes halogenated alkanes) is 12. The van der Waals surface area contributed by atoms with E-state index in [2.05, 4.69) is 6.92 Å². The van der Waals surface area contributed by atoms with Crippen molar-refractivity contribution in [2.75, 3.05) is 99.1 Å². The molecule has 0 unspecified atom stereocenters. The van der Waals surface area contributed by atoms with Crippen LogP contribution >= 0.6 is 0 Å². The van der Waals surface area contributed by atoms with Gasteiger partial charge in [-0.1, -0.05) is 84.0 Å². The zero-order valence-corrected chi connectivity index (χ0v) is 31.2. The second-order valence-electron chi connectivity index (χ2n) is 12.8. The van der Waals surface area contributed by atoms with Crippen LogP contribution in [0, 0.1) is 0 Å². The molecule has 0 aliphatic heterocycles. The number of hydrogen-bond donors (Lipinski definition) is 0. The molecule has 0 spiro atoms. The Balaban J connectivity index is 3.18. The molecular formula is C37H72O11. The first-order chi connectivity index (χ1) is 23.3. The van der Waals surface area contributed by atoms with Gasteiger partial charge in [-0.25, -0.2) is 0 Å². The van der Waals surface area contributed by atoms with E-state index in [0.717, 1.165) is 12.8 Å². The summed E-state index contributed by atoms with van der Waals surface area (Å²) in [5, 5.41) is 0. The molecule has 0 fully saturated rings. The topological polar surface area (TPSA) is 117 Å². The number of hydrogen-bond acceptors (Lipinski definition) is 11. The maximum Gasteiger partial charge on any atom is 0.308 e. The van der Waals surface area contributed by atoms with Gasteiger partial charge in [-0.3, -0.25) is 9.59 Å². The molecule has 0 saturated heterocycles. The number of carbonyl (C=O) groups excluding carboxylic acids is 2.